The summed E-state index contributed by atoms with van der Waals surface area (Å²) in [7, 11) is 0. The number of hydrogen-bond acceptors (Lipinski definition) is 5. The molecule has 0 aromatic carbocycles. The molecule has 1 atom stereocenters. The maximum atomic E-state index is 11.8. The molecule has 1 aliphatic heterocycles. The van der Waals surface area contributed by atoms with Crippen molar-refractivity contribution in [1.82, 2.24) is 15.0 Å². The van der Waals surface area contributed by atoms with Crippen molar-refractivity contribution < 1.29 is 14.1 Å². The van der Waals surface area contributed by atoms with Gasteiger partial charge >= 0.3 is 6.09 Å². The van der Waals surface area contributed by atoms with E-state index in [9.17, 15) is 4.79 Å². The van der Waals surface area contributed by atoms with E-state index in [0.717, 1.165) is 6.42 Å². The molecular formula is C11H17N3O3. The molecule has 0 aliphatic carbocycles. The van der Waals surface area contributed by atoms with Gasteiger partial charge in [0.15, 0.2) is 5.82 Å². The van der Waals surface area contributed by atoms with E-state index in [4.69, 9.17) is 9.26 Å². The molecule has 2 heterocycles. The van der Waals surface area contributed by atoms with Crippen molar-refractivity contribution >= 4 is 6.09 Å². The molecule has 1 unspecified atom stereocenters. The van der Waals surface area contributed by atoms with Crippen molar-refractivity contribution in [3.05, 3.63) is 11.7 Å². The van der Waals surface area contributed by atoms with Crippen LogP contribution >= 0.6 is 0 Å². The summed E-state index contributed by atoms with van der Waals surface area (Å²) in [6.07, 6.45) is 0.505. The first-order chi connectivity index (χ1) is 7.87. The molecule has 2 rings (SSSR count). The molecule has 0 saturated carbocycles. The average Bonchev–Trinajstić information content (AvgIpc) is 2.45. The number of ether oxygens (including phenoxy) is 1. The summed E-state index contributed by atoms with van der Waals surface area (Å²) in [6.45, 7) is 7.95. The van der Waals surface area contributed by atoms with Gasteiger partial charge in [-0.05, 0) is 34.1 Å². The molecule has 0 N–H and O–H groups in total. The highest BCUT2D eigenvalue weighted by Crippen LogP contribution is 2.33. The summed E-state index contributed by atoms with van der Waals surface area (Å²) >= 11 is 0. The van der Waals surface area contributed by atoms with Crippen LogP contribution in [0.25, 0.3) is 0 Å². The maximum Gasteiger partial charge on any atom is 0.410 e. The second kappa shape index (κ2) is 4.01. The lowest BCUT2D eigenvalue weighted by Crippen LogP contribution is -2.47. The minimum atomic E-state index is -0.484. The number of carbonyl (C=O) groups is 1. The second-order valence-corrected chi connectivity index (χ2v) is 5.16. The topological polar surface area (TPSA) is 68.5 Å². The monoisotopic (exact) mass is 239 g/mol. The molecule has 0 spiro atoms. The van der Waals surface area contributed by atoms with Gasteiger partial charge in [-0.15, -0.1) is 0 Å². The fourth-order valence-electron chi connectivity index (χ4n) is 1.63. The highest BCUT2D eigenvalue weighted by atomic mass is 16.6. The average molecular weight is 239 g/mol. The lowest BCUT2D eigenvalue weighted by Gasteiger charge is -2.39. The number of likely N-dealkylation sites (tertiary alicyclic amines) is 1. The Hall–Kier alpha value is -1.59. The fourth-order valence-corrected chi connectivity index (χ4v) is 1.63. The van der Waals surface area contributed by atoms with Crippen molar-refractivity contribution in [3.63, 3.8) is 0 Å². The smallest absolute Gasteiger partial charge is 0.410 e. The van der Waals surface area contributed by atoms with Crippen LogP contribution in [0.5, 0.6) is 0 Å². The van der Waals surface area contributed by atoms with Crippen molar-refractivity contribution in [1.29, 1.82) is 0 Å². The Labute approximate surface area is 99.9 Å². The Kier molecular flexibility index (Phi) is 2.81. The summed E-state index contributed by atoms with van der Waals surface area (Å²) < 4.78 is 10.4. The molecule has 1 aromatic rings. The Bertz CT molecular complexity index is 422. The highest BCUT2D eigenvalue weighted by molar-refractivity contribution is 5.69. The lowest BCUT2D eigenvalue weighted by molar-refractivity contribution is -0.0119. The number of carbonyl (C=O) groups excluding carboxylic acids is 1. The summed E-state index contributed by atoms with van der Waals surface area (Å²) in [5.41, 5.74) is -0.484. The predicted octanol–water partition coefficient (Wildman–Crippen LogP) is 2.06. The first kappa shape index (κ1) is 11.9. The minimum absolute atomic E-state index is 0.133. The Balaban J connectivity index is 2.02. The highest BCUT2D eigenvalue weighted by Gasteiger charge is 2.39. The Morgan fingerprint density at radius 2 is 2.24 bits per heavy atom. The third-order valence-corrected chi connectivity index (χ3v) is 2.48. The minimum Gasteiger partial charge on any atom is -0.444 e. The van der Waals surface area contributed by atoms with E-state index in [1.54, 1.807) is 11.8 Å². The van der Waals surface area contributed by atoms with Gasteiger partial charge in [-0.3, -0.25) is 4.90 Å². The van der Waals surface area contributed by atoms with Gasteiger partial charge in [0.2, 0.25) is 5.89 Å². The van der Waals surface area contributed by atoms with Crippen molar-refractivity contribution in [3.8, 4) is 0 Å². The molecule has 94 valence electrons. The third kappa shape index (κ3) is 2.57. The largest absolute Gasteiger partial charge is 0.444 e. The zero-order valence-electron chi connectivity index (χ0n) is 10.6. The van der Waals surface area contributed by atoms with E-state index >= 15 is 0 Å². The molecule has 17 heavy (non-hydrogen) atoms. The van der Waals surface area contributed by atoms with Gasteiger partial charge < -0.3 is 9.26 Å². The van der Waals surface area contributed by atoms with E-state index in [1.807, 2.05) is 20.8 Å². The molecule has 6 heteroatoms. The van der Waals surface area contributed by atoms with Crippen LogP contribution in [-0.4, -0.2) is 33.3 Å². The Morgan fingerprint density at radius 3 is 2.65 bits per heavy atom. The number of aryl methyl sites for hydroxylation is 1. The zero-order valence-corrected chi connectivity index (χ0v) is 10.6. The van der Waals surface area contributed by atoms with Gasteiger partial charge in [0.25, 0.3) is 0 Å². The van der Waals surface area contributed by atoms with Crippen LogP contribution in [-0.2, 0) is 4.74 Å². The number of rotatable bonds is 1. The molecule has 1 aromatic heterocycles. The van der Waals surface area contributed by atoms with E-state index in [0.29, 0.717) is 18.3 Å². The molecule has 0 radical (unpaired) electrons. The van der Waals surface area contributed by atoms with Crippen LogP contribution in [0, 0.1) is 6.92 Å². The predicted molar refractivity (Wildman–Crippen MR) is 59.3 cm³/mol. The number of nitrogens with zero attached hydrogens (tertiary/aromatic N) is 3. The second-order valence-electron chi connectivity index (χ2n) is 5.16. The third-order valence-electron chi connectivity index (χ3n) is 2.48. The van der Waals surface area contributed by atoms with Crippen molar-refractivity contribution in [2.45, 2.75) is 45.8 Å². The van der Waals surface area contributed by atoms with Crippen LogP contribution in [0.2, 0.25) is 0 Å². The summed E-state index contributed by atoms with van der Waals surface area (Å²) in [5.74, 6) is 1.07. The van der Waals surface area contributed by atoms with E-state index in [-0.39, 0.29) is 12.1 Å². The molecule has 1 fully saturated rings. The number of amides is 1. The molecule has 0 bridgehead atoms. The normalized spacial score (nSPS) is 20.0. The maximum absolute atomic E-state index is 11.8. The molecule has 1 amide bonds. The van der Waals surface area contributed by atoms with E-state index in [2.05, 4.69) is 10.1 Å². The van der Waals surface area contributed by atoms with Gasteiger partial charge in [-0.1, -0.05) is 5.16 Å². The molecule has 6 nitrogen and oxygen atoms in total. The standard InChI is InChI=1S/C11H17N3O3/c1-7-12-9(17-13-7)8-5-6-14(8)10(15)16-11(2,3)4/h8H,5-6H2,1-4H3. The van der Waals surface area contributed by atoms with Crippen LogP contribution < -0.4 is 0 Å². The quantitative estimate of drug-likeness (QED) is 0.750. The van der Waals surface area contributed by atoms with E-state index in [1.165, 1.54) is 0 Å². The van der Waals surface area contributed by atoms with Gasteiger partial charge in [0, 0.05) is 6.54 Å². The first-order valence-corrected chi connectivity index (χ1v) is 5.66. The van der Waals surface area contributed by atoms with Crippen LogP contribution in [0.15, 0.2) is 4.52 Å². The van der Waals surface area contributed by atoms with Gasteiger partial charge in [-0.2, -0.15) is 4.98 Å². The van der Waals surface area contributed by atoms with Gasteiger partial charge in [0.1, 0.15) is 11.6 Å². The van der Waals surface area contributed by atoms with Crippen LogP contribution in [0.1, 0.15) is 44.9 Å². The van der Waals surface area contributed by atoms with E-state index < -0.39 is 5.60 Å². The van der Waals surface area contributed by atoms with Crippen molar-refractivity contribution in [2.75, 3.05) is 6.54 Å². The number of hydrogen-bond donors (Lipinski definition) is 0. The zero-order chi connectivity index (χ0) is 12.6. The molecular weight excluding hydrogens is 222 g/mol. The van der Waals surface area contributed by atoms with Crippen molar-refractivity contribution in [2.24, 2.45) is 0 Å². The first-order valence-electron chi connectivity index (χ1n) is 5.66. The number of aromatic nitrogens is 2. The SMILES string of the molecule is Cc1noc(C2CCN2C(=O)OC(C)(C)C)n1. The Morgan fingerprint density at radius 1 is 1.53 bits per heavy atom. The van der Waals surface area contributed by atoms with Gasteiger partial charge in [0.05, 0.1) is 0 Å². The fraction of sp³-hybridized carbons (Fsp3) is 0.727. The molecule has 1 saturated heterocycles. The lowest BCUT2D eigenvalue weighted by atomic mass is 10.0. The van der Waals surface area contributed by atoms with Crippen LogP contribution in [0.4, 0.5) is 4.79 Å². The summed E-state index contributed by atoms with van der Waals surface area (Å²) in [4.78, 5) is 17.6. The summed E-state index contributed by atoms with van der Waals surface area (Å²) in [5, 5.41) is 3.72. The van der Waals surface area contributed by atoms with Gasteiger partial charge in [-0.25, -0.2) is 4.79 Å². The van der Waals surface area contributed by atoms with Crippen LogP contribution in [0.3, 0.4) is 0 Å². The summed E-state index contributed by atoms with van der Waals surface area (Å²) in [6, 6.07) is -0.133. The molecule has 1 aliphatic rings.